The zero-order valence-electron chi connectivity index (χ0n) is 21.0. The van der Waals surface area contributed by atoms with Gasteiger partial charge in [0.25, 0.3) is 0 Å². The minimum absolute atomic E-state index is 0.0548. The Morgan fingerprint density at radius 2 is 1.64 bits per heavy atom. The van der Waals surface area contributed by atoms with Crippen molar-refractivity contribution in [2.24, 2.45) is 4.36 Å². The van der Waals surface area contributed by atoms with Gasteiger partial charge in [0.2, 0.25) is 0 Å². The number of nitrogens with one attached hydrogen (secondary N) is 1. The van der Waals surface area contributed by atoms with Crippen LogP contribution in [0.4, 0.5) is 24.5 Å². The number of hydrogen-bond donors (Lipinski definition) is 2. The van der Waals surface area contributed by atoms with Crippen molar-refractivity contribution in [3.05, 3.63) is 72.8 Å². The zero-order chi connectivity index (χ0) is 27.6. The van der Waals surface area contributed by atoms with E-state index in [1.165, 1.54) is 12.1 Å². The van der Waals surface area contributed by atoms with E-state index in [-0.39, 0.29) is 24.7 Å². The summed E-state index contributed by atoms with van der Waals surface area (Å²) in [5.74, 6) is 0.817. The van der Waals surface area contributed by atoms with Crippen LogP contribution in [0, 0.1) is 0 Å². The number of nitrogens with zero attached hydrogens (tertiary/aromatic N) is 2. The van der Waals surface area contributed by atoms with E-state index in [2.05, 4.69) is 13.8 Å². The molecule has 5 rings (SSSR count). The van der Waals surface area contributed by atoms with Crippen molar-refractivity contribution in [2.75, 3.05) is 24.7 Å². The van der Waals surface area contributed by atoms with E-state index in [1.807, 2.05) is 60.4 Å². The summed E-state index contributed by atoms with van der Waals surface area (Å²) in [6, 6.07) is 18.3. The number of aliphatic hydroxyl groups is 1. The van der Waals surface area contributed by atoms with Gasteiger partial charge in [0.1, 0.15) is 15.7 Å². The van der Waals surface area contributed by atoms with E-state index < -0.39 is 40.2 Å². The molecule has 1 unspecified atom stereocenters. The third-order valence-corrected chi connectivity index (χ3v) is 8.46. The number of hydrogen-bond acceptors (Lipinski definition) is 7. The highest BCUT2D eigenvalue weighted by atomic mass is 32.2. The van der Waals surface area contributed by atoms with Crippen LogP contribution in [-0.2, 0) is 14.7 Å². The van der Waals surface area contributed by atoms with Crippen LogP contribution in [-0.4, -0.2) is 53.6 Å². The van der Waals surface area contributed by atoms with Crippen molar-refractivity contribution in [1.82, 2.24) is 4.72 Å². The molecule has 8 nitrogen and oxygen atoms in total. The Hall–Kier alpha value is -3.32. The van der Waals surface area contributed by atoms with Gasteiger partial charge in [-0.05, 0) is 55.0 Å². The highest BCUT2D eigenvalue weighted by Crippen LogP contribution is 2.48. The molecule has 39 heavy (non-hydrogen) atoms. The molecule has 0 saturated carbocycles. The number of alkyl halides is 3. The lowest BCUT2D eigenvalue weighted by molar-refractivity contribution is -0.274. The molecule has 0 aromatic heterocycles. The van der Waals surface area contributed by atoms with Crippen LogP contribution in [0.15, 0.2) is 82.1 Å². The predicted molar refractivity (Wildman–Crippen MR) is 140 cm³/mol. The second-order valence-corrected chi connectivity index (χ2v) is 11.1. The summed E-state index contributed by atoms with van der Waals surface area (Å²) in [7, 11) is -3.34. The second-order valence-electron chi connectivity index (χ2n) is 9.13. The quantitative estimate of drug-likeness (QED) is 0.400. The minimum atomic E-state index is -4.84. The summed E-state index contributed by atoms with van der Waals surface area (Å²) in [4.78, 5) is 2.13. The third-order valence-electron chi connectivity index (χ3n) is 6.38. The zero-order valence-corrected chi connectivity index (χ0v) is 21.8. The fourth-order valence-corrected chi connectivity index (χ4v) is 6.56. The van der Waals surface area contributed by atoms with E-state index in [1.54, 1.807) is 0 Å². The molecule has 1 saturated heterocycles. The molecule has 0 aliphatic carbocycles. The molecule has 3 aromatic carbocycles. The number of halogens is 3. The predicted octanol–water partition coefficient (Wildman–Crippen LogP) is 5.40. The van der Waals surface area contributed by atoms with Gasteiger partial charge >= 0.3 is 6.36 Å². The largest absolute Gasteiger partial charge is 0.573 e. The number of para-hydroxylation sites is 4. The fourth-order valence-electron chi connectivity index (χ4n) is 4.63. The Labute approximate surface area is 224 Å². The summed E-state index contributed by atoms with van der Waals surface area (Å²) < 4.78 is 75.1. The minimum Gasteiger partial charge on any atom is -0.453 e. The van der Waals surface area contributed by atoms with E-state index in [4.69, 9.17) is 9.47 Å². The van der Waals surface area contributed by atoms with Crippen molar-refractivity contribution < 1.29 is 36.7 Å². The van der Waals surface area contributed by atoms with Crippen molar-refractivity contribution >= 4 is 21.3 Å². The number of aliphatic hydroxyl groups excluding tert-OH is 1. The van der Waals surface area contributed by atoms with Gasteiger partial charge in [-0.15, -0.1) is 13.2 Å². The van der Waals surface area contributed by atoms with Gasteiger partial charge in [0.15, 0.2) is 11.5 Å². The van der Waals surface area contributed by atoms with Gasteiger partial charge < -0.3 is 24.2 Å². The van der Waals surface area contributed by atoms with Crippen molar-refractivity contribution in [2.45, 2.75) is 42.8 Å². The summed E-state index contributed by atoms with van der Waals surface area (Å²) in [6.45, 7) is 2.35. The molecule has 2 N–H and O–H groups in total. The van der Waals surface area contributed by atoms with Crippen LogP contribution in [0.1, 0.15) is 13.3 Å². The van der Waals surface area contributed by atoms with E-state index in [9.17, 15) is 22.5 Å². The highest BCUT2D eigenvalue weighted by Gasteiger charge is 2.41. The molecular weight excluding hydrogens is 535 g/mol. The van der Waals surface area contributed by atoms with Gasteiger partial charge in [-0.25, -0.2) is 13.3 Å². The Bertz CT molecular complexity index is 1380. The standard InChI is InChI=1S/C27H28F3N3O5S/c1-2-15-31-39(35,19-13-11-18(12-14-19)38-27(28,29)30)32-20-16-36-17-23(26(20)34)33-21-7-3-5-9-24(21)37-25-10-6-4-8-22(25)33/h3-14,20,23,26,34H,2,15-17H2,1H3,(H,31,32,35)/t20-,23+,26-,39?/m1/s1. The summed E-state index contributed by atoms with van der Waals surface area (Å²) in [5, 5.41) is 11.6. The molecule has 2 heterocycles. The Morgan fingerprint density at radius 3 is 2.23 bits per heavy atom. The normalized spacial score (nSPS) is 22.2. The SMILES string of the molecule is CCCN=S(=O)(N[C@@H]1COC[C@H](N2c3ccccc3Oc3ccccc32)[C@@H]1O)c1ccc(OC(F)(F)F)cc1. The fraction of sp³-hybridized carbons (Fsp3) is 0.333. The molecule has 2 aliphatic rings. The Kier molecular flexibility index (Phi) is 7.72. The third kappa shape index (κ3) is 5.83. The first-order valence-electron chi connectivity index (χ1n) is 12.5. The number of ether oxygens (including phenoxy) is 3. The van der Waals surface area contributed by atoms with Crippen LogP contribution in [0.5, 0.6) is 17.2 Å². The molecule has 4 atom stereocenters. The molecule has 0 radical (unpaired) electrons. The van der Waals surface area contributed by atoms with Crippen molar-refractivity contribution in [3.63, 3.8) is 0 Å². The van der Waals surface area contributed by atoms with Gasteiger partial charge in [-0.2, -0.15) is 0 Å². The van der Waals surface area contributed by atoms with Gasteiger partial charge in [0, 0.05) is 6.54 Å². The molecule has 0 bridgehead atoms. The molecule has 1 fully saturated rings. The maximum Gasteiger partial charge on any atom is 0.573 e. The molecule has 0 amide bonds. The average Bonchev–Trinajstić information content (AvgIpc) is 2.91. The summed E-state index contributed by atoms with van der Waals surface area (Å²) in [5.41, 5.74) is 1.50. The molecule has 0 spiro atoms. The highest BCUT2D eigenvalue weighted by molar-refractivity contribution is 7.91. The molecule has 12 heteroatoms. The lowest BCUT2D eigenvalue weighted by atomic mass is 9.98. The summed E-state index contributed by atoms with van der Waals surface area (Å²) >= 11 is 0. The van der Waals surface area contributed by atoms with Crippen LogP contribution >= 0.6 is 0 Å². The van der Waals surface area contributed by atoms with E-state index in [0.29, 0.717) is 17.9 Å². The Balaban J connectivity index is 1.45. The summed E-state index contributed by atoms with van der Waals surface area (Å²) in [6.07, 6.45) is -5.30. The van der Waals surface area contributed by atoms with E-state index >= 15 is 0 Å². The lowest BCUT2D eigenvalue weighted by Crippen LogP contribution is -2.60. The monoisotopic (exact) mass is 563 g/mol. The van der Waals surface area contributed by atoms with Crippen molar-refractivity contribution in [1.29, 1.82) is 0 Å². The molecule has 3 aromatic rings. The van der Waals surface area contributed by atoms with Gasteiger partial charge in [0.05, 0.1) is 47.7 Å². The van der Waals surface area contributed by atoms with E-state index in [0.717, 1.165) is 23.5 Å². The lowest BCUT2D eigenvalue weighted by Gasteiger charge is -2.44. The number of rotatable bonds is 7. The van der Waals surface area contributed by atoms with Crippen LogP contribution in [0.25, 0.3) is 0 Å². The number of anilines is 2. The van der Waals surface area contributed by atoms with Crippen molar-refractivity contribution in [3.8, 4) is 17.2 Å². The van der Waals surface area contributed by atoms with Gasteiger partial charge in [-0.1, -0.05) is 31.2 Å². The molecule has 208 valence electrons. The molecular formula is C27H28F3N3O5S. The van der Waals surface area contributed by atoms with Crippen LogP contribution in [0.2, 0.25) is 0 Å². The van der Waals surface area contributed by atoms with Gasteiger partial charge in [-0.3, -0.25) is 0 Å². The molecule has 2 aliphatic heterocycles. The first-order chi connectivity index (χ1) is 18.7. The smallest absolute Gasteiger partial charge is 0.453 e. The second kappa shape index (κ2) is 11.0. The topological polar surface area (TPSA) is 92.6 Å². The first-order valence-corrected chi connectivity index (χ1v) is 14.0. The number of fused-ring (bicyclic) bond motifs is 2. The van der Waals surface area contributed by atoms with Crippen LogP contribution < -0.4 is 19.1 Å². The number of benzene rings is 3. The first kappa shape index (κ1) is 27.3. The average molecular weight is 564 g/mol. The van der Waals surface area contributed by atoms with Crippen LogP contribution in [0.3, 0.4) is 0 Å². The maximum absolute atomic E-state index is 14.1. The maximum atomic E-state index is 14.1. The Morgan fingerprint density at radius 1 is 1.03 bits per heavy atom.